The third-order valence-electron chi connectivity index (χ3n) is 4.34. The first-order valence-corrected chi connectivity index (χ1v) is 9.48. The molecule has 0 fully saturated rings. The van der Waals surface area contributed by atoms with E-state index in [-0.39, 0.29) is 24.3 Å². The molecule has 0 saturated heterocycles. The van der Waals surface area contributed by atoms with E-state index in [1.807, 2.05) is 26.0 Å². The molecule has 0 aliphatic rings. The molecule has 3 aromatic rings. The number of hydrogen-bond acceptors (Lipinski definition) is 6. The van der Waals surface area contributed by atoms with Crippen molar-refractivity contribution < 1.29 is 14.3 Å². The van der Waals surface area contributed by atoms with Crippen LogP contribution >= 0.6 is 11.3 Å². The van der Waals surface area contributed by atoms with E-state index in [1.54, 1.807) is 24.4 Å². The monoisotopic (exact) mass is 384 g/mol. The average molecular weight is 384 g/mol. The van der Waals surface area contributed by atoms with Crippen molar-refractivity contribution in [2.45, 2.75) is 39.8 Å². The predicted molar refractivity (Wildman–Crippen MR) is 104 cm³/mol. The Kier molecular flexibility index (Phi) is 5.51. The van der Waals surface area contributed by atoms with E-state index in [1.165, 1.54) is 22.2 Å². The summed E-state index contributed by atoms with van der Waals surface area (Å²) in [5.41, 5.74) is 2.18. The molecule has 1 atom stereocenters. The van der Waals surface area contributed by atoms with Crippen LogP contribution in [0.15, 0.2) is 40.8 Å². The van der Waals surface area contributed by atoms with E-state index in [4.69, 9.17) is 4.74 Å². The van der Waals surface area contributed by atoms with Crippen molar-refractivity contribution in [1.29, 1.82) is 0 Å². The Bertz CT molecular complexity index is 1070. The van der Waals surface area contributed by atoms with Crippen molar-refractivity contribution in [2.75, 3.05) is 0 Å². The topological polar surface area (TPSA) is 78.3 Å². The number of fused-ring (bicyclic) bond motifs is 1. The van der Waals surface area contributed by atoms with Crippen LogP contribution < -0.4 is 5.56 Å². The minimum absolute atomic E-state index is 0.0123. The first kappa shape index (κ1) is 19.0. The molecule has 6 nitrogen and oxygen atoms in total. The van der Waals surface area contributed by atoms with Gasteiger partial charge in [0.05, 0.1) is 18.1 Å². The van der Waals surface area contributed by atoms with Crippen LogP contribution in [0.1, 0.15) is 34.8 Å². The Morgan fingerprint density at radius 2 is 2.04 bits per heavy atom. The number of esters is 1. The molecule has 7 heteroatoms. The largest absolute Gasteiger partial charge is 0.454 e. The summed E-state index contributed by atoms with van der Waals surface area (Å²) in [5.74, 6) is -0.762. The van der Waals surface area contributed by atoms with Crippen molar-refractivity contribution >= 4 is 33.3 Å². The first-order valence-electron chi connectivity index (χ1n) is 8.60. The minimum Gasteiger partial charge on any atom is -0.454 e. The van der Waals surface area contributed by atoms with Crippen LogP contribution in [0.25, 0.3) is 10.2 Å². The predicted octanol–water partition coefficient (Wildman–Crippen LogP) is 3.28. The van der Waals surface area contributed by atoms with E-state index >= 15 is 0 Å². The Balaban J connectivity index is 1.63. The lowest BCUT2D eigenvalue weighted by molar-refractivity contribution is -0.146. The Morgan fingerprint density at radius 1 is 1.26 bits per heavy atom. The number of benzene rings is 1. The number of carbonyl (C=O) groups is 2. The standard InChI is InChI=1S/C20H20N2O4S/c1-12-4-5-13(2)16(10-12)18(24)14(3)26-17(23)6-8-22-11-21-19-15(20(22)25)7-9-27-19/h4-5,7,9-11,14H,6,8H2,1-3H3/t14-/m1/s1. The van der Waals surface area contributed by atoms with Gasteiger partial charge in [-0.1, -0.05) is 17.7 Å². The zero-order chi connectivity index (χ0) is 19.6. The van der Waals surface area contributed by atoms with Crippen molar-refractivity contribution in [3.8, 4) is 0 Å². The highest BCUT2D eigenvalue weighted by Gasteiger charge is 2.21. The smallest absolute Gasteiger partial charge is 0.308 e. The summed E-state index contributed by atoms with van der Waals surface area (Å²) in [7, 11) is 0. The van der Waals surface area contributed by atoms with Crippen LogP contribution in [0.4, 0.5) is 0 Å². The number of ketones is 1. The molecule has 1 aromatic carbocycles. The molecule has 2 heterocycles. The number of thiophene rings is 1. The molecule has 0 N–H and O–H groups in total. The van der Waals surface area contributed by atoms with Gasteiger partial charge in [-0.3, -0.25) is 19.0 Å². The van der Waals surface area contributed by atoms with Gasteiger partial charge in [-0.2, -0.15) is 0 Å². The third kappa shape index (κ3) is 4.14. The molecular formula is C20H20N2O4S. The van der Waals surface area contributed by atoms with Crippen molar-refractivity contribution in [3.05, 3.63) is 63.0 Å². The average Bonchev–Trinajstić information content (AvgIpc) is 3.12. The molecule has 0 bridgehead atoms. The summed E-state index contributed by atoms with van der Waals surface area (Å²) < 4.78 is 6.66. The second-order valence-electron chi connectivity index (χ2n) is 6.45. The lowest BCUT2D eigenvalue weighted by Crippen LogP contribution is -2.27. The maximum Gasteiger partial charge on any atom is 0.308 e. The molecular weight excluding hydrogens is 364 g/mol. The van der Waals surface area contributed by atoms with Crippen LogP contribution in [0, 0.1) is 13.8 Å². The summed E-state index contributed by atoms with van der Waals surface area (Å²) in [6, 6.07) is 7.31. The summed E-state index contributed by atoms with van der Waals surface area (Å²) in [4.78, 5) is 41.9. The fourth-order valence-electron chi connectivity index (χ4n) is 2.79. The minimum atomic E-state index is -0.882. The van der Waals surface area contributed by atoms with E-state index in [2.05, 4.69) is 4.98 Å². The maximum absolute atomic E-state index is 12.6. The highest BCUT2D eigenvalue weighted by molar-refractivity contribution is 7.16. The van der Waals surface area contributed by atoms with Gasteiger partial charge in [0.15, 0.2) is 6.10 Å². The zero-order valence-corrected chi connectivity index (χ0v) is 16.2. The highest BCUT2D eigenvalue weighted by atomic mass is 32.1. The zero-order valence-electron chi connectivity index (χ0n) is 15.4. The van der Waals surface area contributed by atoms with E-state index in [0.29, 0.717) is 15.8 Å². The molecule has 3 rings (SSSR count). The van der Waals surface area contributed by atoms with Crippen molar-refractivity contribution in [1.82, 2.24) is 9.55 Å². The van der Waals surface area contributed by atoms with E-state index in [9.17, 15) is 14.4 Å². The quantitative estimate of drug-likeness (QED) is 0.481. The summed E-state index contributed by atoms with van der Waals surface area (Å²) >= 11 is 1.39. The molecule has 0 spiro atoms. The van der Waals surface area contributed by atoms with Gasteiger partial charge in [0.1, 0.15) is 4.83 Å². The summed E-state index contributed by atoms with van der Waals surface area (Å²) in [5, 5.41) is 2.34. The molecule has 0 aliphatic carbocycles. The number of aromatic nitrogens is 2. The van der Waals surface area contributed by atoms with Gasteiger partial charge < -0.3 is 4.74 Å². The van der Waals surface area contributed by atoms with E-state index in [0.717, 1.165) is 11.1 Å². The highest BCUT2D eigenvalue weighted by Crippen LogP contribution is 2.15. The summed E-state index contributed by atoms with van der Waals surface area (Å²) in [6.45, 7) is 5.47. The fourth-order valence-corrected chi connectivity index (χ4v) is 3.52. The number of aryl methyl sites for hydroxylation is 3. The van der Waals surface area contributed by atoms with Gasteiger partial charge >= 0.3 is 5.97 Å². The first-order chi connectivity index (χ1) is 12.9. The van der Waals surface area contributed by atoms with Gasteiger partial charge in [-0.25, -0.2) is 4.98 Å². The molecule has 2 aromatic heterocycles. The van der Waals surface area contributed by atoms with E-state index < -0.39 is 12.1 Å². The molecule has 0 aliphatic heterocycles. The number of rotatable bonds is 6. The number of ether oxygens (including phenoxy) is 1. The number of Topliss-reactive ketones (excluding diaryl/α,β-unsaturated/α-hetero) is 1. The lowest BCUT2D eigenvalue weighted by Gasteiger charge is -2.14. The number of nitrogens with zero attached hydrogens (tertiary/aromatic N) is 2. The van der Waals surface area contributed by atoms with Gasteiger partial charge in [0.2, 0.25) is 5.78 Å². The maximum atomic E-state index is 12.6. The van der Waals surface area contributed by atoms with Crippen LogP contribution in [0.3, 0.4) is 0 Å². The van der Waals surface area contributed by atoms with Gasteiger partial charge in [0, 0.05) is 12.1 Å². The fraction of sp³-hybridized carbons (Fsp3) is 0.300. The molecule has 0 unspecified atom stereocenters. The van der Waals surface area contributed by atoms with Crippen LogP contribution in [-0.2, 0) is 16.1 Å². The van der Waals surface area contributed by atoms with Crippen molar-refractivity contribution in [3.63, 3.8) is 0 Å². The van der Waals surface area contributed by atoms with Crippen LogP contribution in [-0.4, -0.2) is 27.4 Å². The second kappa shape index (κ2) is 7.84. The molecule has 27 heavy (non-hydrogen) atoms. The van der Waals surface area contributed by atoms with Crippen LogP contribution in [0.5, 0.6) is 0 Å². The normalized spacial score (nSPS) is 12.1. The molecule has 0 saturated carbocycles. The lowest BCUT2D eigenvalue weighted by atomic mass is 9.99. The third-order valence-corrected chi connectivity index (χ3v) is 5.16. The van der Waals surface area contributed by atoms with Crippen LogP contribution in [0.2, 0.25) is 0 Å². The van der Waals surface area contributed by atoms with Gasteiger partial charge in [0.25, 0.3) is 5.56 Å². The van der Waals surface area contributed by atoms with Gasteiger partial charge in [-0.05, 0) is 43.8 Å². The molecule has 0 radical (unpaired) electrons. The molecule has 140 valence electrons. The second-order valence-corrected chi connectivity index (χ2v) is 7.34. The Hall–Kier alpha value is -2.80. The van der Waals surface area contributed by atoms with Crippen molar-refractivity contribution in [2.24, 2.45) is 0 Å². The Morgan fingerprint density at radius 3 is 2.81 bits per heavy atom. The number of carbonyl (C=O) groups excluding carboxylic acids is 2. The van der Waals surface area contributed by atoms with Gasteiger partial charge in [-0.15, -0.1) is 11.3 Å². The Labute approximate surface area is 160 Å². The SMILES string of the molecule is Cc1ccc(C)c(C(=O)[C@@H](C)OC(=O)CCn2cnc3sccc3c2=O)c1. The number of hydrogen-bond donors (Lipinski definition) is 0. The summed E-state index contributed by atoms with van der Waals surface area (Å²) in [6.07, 6.45) is 0.535. The molecule has 0 amide bonds.